The lowest BCUT2D eigenvalue weighted by atomic mass is 9.97. The van der Waals surface area contributed by atoms with Gasteiger partial charge in [0.2, 0.25) is 0 Å². The van der Waals surface area contributed by atoms with Crippen molar-refractivity contribution in [3.05, 3.63) is 53.3 Å². The molecular weight excluding hydrogens is 278 g/mol. The summed E-state index contributed by atoms with van der Waals surface area (Å²) in [6.45, 7) is 0. The number of aliphatic hydroxyl groups is 1. The van der Waals surface area contributed by atoms with Crippen molar-refractivity contribution in [2.24, 2.45) is 13.0 Å². The van der Waals surface area contributed by atoms with E-state index in [1.54, 1.807) is 14.2 Å². The molecule has 0 saturated carbocycles. The standard InChI is InChI=1S/C18H22NO3/c1-19-7-5-4-6-14(19)9-13-8-12-10-16(21-2)17(22-3)11-15(12)18(13)20/h4-7,10-11,13,18,20H,8-9H2,1-3H3/q+1. The second kappa shape index (κ2) is 5.97. The number of hydrogen-bond acceptors (Lipinski definition) is 3. The van der Waals surface area contributed by atoms with Crippen LogP contribution in [0.5, 0.6) is 11.5 Å². The van der Waals surface area contributed by atoms with Crippen molar-refractivity contribution in [1.29, 1.82) is 0 Å². The van der Waals surface area contributed by atoms with E-state index in [1.165, 1.54) is 5.69 Å². The van der Waals surface area contributed by atoms with Gasteiger partial charge in [0, 0.05) is 24.5 Å². The van der Waals surface area contributed by atoms with E-state index < -0.39 is 6.10 Å². The van der Waals surface area contributed by atoms with Crippen LogP contribution in [0, 0.1) is 5.92 Å². The van der Waals surface area contributed by atoms with E-state index in [1.807, 2.05) is 37.5 Å². The third kappa shape index (κ3) is 2.55. The Kier molecular flexibility index (Phi) is 4.03. The van der Waals surface area contributed by atoms with Gasteiger partial charge in [0.15, 0.2) is 23.4 Å². The molecular formula is C18H22NO3+. The third-order valence-electron chi connectivity index (χ3n) is 4.53. The molecule has 2 atom stereocenters. The summed E-state index contributed by atoms with van der Waals surface area (Å²) in [7, 11) is 5.29. The highest BCUT2D eigenvalue weighted by Gasteiger charge is 2.34. The molecule has 0 fully saturated rings. The number of aliphatic hydroxyl groups excluding tert-OH is 1. The van der Waals surface area contributed by atoms with Gasteiger partial charge in [-0.3, -0.25) is 0 Å². The van der Waals surface area contributed by atoms with Gasteiger partial charge in [-0.15, -0.1) is 0 Å². The van der Waals surface area contributed by atoms with Crippen LogP contribution in [0.1, 0.15) is 22.9 Å². The Morgan fingerprint density at radius 3 is 2.59 bits per heavy atom. The molecule has 0 amide bonds. The quantitative estimate of drug-likeness (QED) is 0.878. The minimum Gasteiger partial charge on any atom is -0.493 e. The lowest BCUT2D eigenvalue weighted by molar-refractivity contribution is -0.679. The van der Waals surface area contributed by atoms with Crippen LogP contribution in [0.2, 0.25) is 0 Å². The summed E-state index contributed by atoms with van der Waals surface area (Å²) in [5.74, 6) is 1.57. The fourth-order valence-electron chi connectivity index (χ4n) is 3.26. The van der Waals surface area contributed by atoms with Gasteiger partial charge >= 0.3 is 0 Å². The Labute approximate surface area is 130 Å². The van der Waals surface area contributed by atoms with E-state index in [9.17, 15) is 5.11 Å². The molecule has 0 bridgehead atoms. The predicted molar refractivity (Wildman–Crippen MR) is 83.0 cm³/mol. The molecule has 22 heavy (non-hydrogen) atoms. The summed E-state index contributed by atoms with van der Waals surface area (Å²) >= 11 is 0. The number of rotatable bonds is 4. The first kappa shape index (κ1) is 14.9. The van der Waals surface area contributed by atoms with Crippen LogP contribution in [0.15, 0.2) is 36.5 Å². The summed E-state index contributed by atoms with van der Waals surface area (Å²) in [5.41, 5.74) is 3.33. The molecule has 0 spiro atoms. The minimum absolute atomic E-state index is 0.181. The highest BCUT2D eigenvalue weighted by molar-refractivity contribution is 5.50. The molecule has 3 rings (SSSR count). The van der Waals surface area contributed by atoms with Crippen LogP contribution >= 0.6 is 0 Å². The van der Waals surface area contributed by atoms with E-state index >= 15 is 0 Å². The summed E-state index contributed by atoms with van der Waals surface area (Å²) in [6.07, 6.45) is 3.27. The normalized spacial score (nSPS) is 19.8. The van der Waals surface area contributed by atoms with Gasteiger partial charge in [0.25, 0.3) is 0 Å². The fraction of sp³-hybridized carbons (Fsp3) is 0.389. The molecule has 116 valence electrons. The molecule has 2 unspecified atom stereocenters. The van der Waals surface area contributed by atoms with Gasteiger partial charge < -0.3 is 14.6 Å². The van der Waals surface area contributed by atoms with E-state index in [4.69, 9.17) is 9.47 Å². The smallest absolute Gasteiger partial charge is 0.181 e. The summed E-state index contributed by atoms with van der Waals surface area (Å²) < 4.78 is 12.8. The molecule has 0 saturated heterocycles. The summed E-state index contributed by atoms with van der Waals surface area (Å²) in [6, 6.07) is 10.1. The number of hydrogen-bond donors (Lipinski definition) is 1. The van der Waals surface area contributed by atoms with E-state index in [0.29, 0.717) is 5.75 Å². The lowest BCUT2D eigenvalue weighted by Crippen LogP contribution is -2.34. The number of aromatic nitrogens is 1. The SMILES string of the molecule is COc1cc2c(cc1OC)C(O)C(Cc1cccc[n+]1C)C2. The Morgan fingerprint density at radius 1 is 1.18 bits per heavy atom. The van der Waals surface area contributed by atoms with Gasteiger partial charge in [-0.05, 0) is 29.7 Å². The molecule has 1 aromatic carbocycles. The van der Waals surface area contributed by atoms with E-state index in [0.717, 1.165) is 29.7 Å². The number of methoxy groups -OCH3 is 2. The lowest BCUT2D eigenvalue weighted by Gasteiger charge is -2.14. The van der Waals surface area contributed by atoms with Crippen molar-refractivity contribution in [1.82, 2.24) is 0 Å². The van der Waals surface area contributed by atoms with Crippen LogP contribution in [0.25, 0.3) is 0 Å². The van der Waals surface area contributed by atoms with Crippen molar-refractivity contribution in [3.8, 4) is 11.5 Å². The van der Waals surface area contributed by atoms with Gasteiger partial charge in [0.05, 0.1) is 20.3 Å². The molecule has 4 nitrogen and oxygen atoms in total. The zero-order valence-electron chi connectivity index (χ0n) is 13.2. The largest absolute Gasteiger partial charge is 0.493 e. The van der Waals surface area contributed by atoms with Crippen LogP contribution in [0.3, 0.4) is 0 Å². The van der Waals surface area contributed by atoms with Crippen LogP contribution in [-0.2, 0) is 19.9 Å². The zero-order valence-corrected chi connectivity index (χ0v) is 13.2. The zero-order chi connectivity index (χ0) is 15.7. The first-order valence-electron chi connectivity index (χ1n) is 7.50. The van der Waals surface area contributed by atoms with Crippen LogP contribution < -0.4 is 14.0 Å². The third-order valence-corrected chi connectivity index (χ3v) is 4.53. The predicted octanol–water partition coefficient (Wildman–Crippen LogP) is 1.98. The number of aryl methyl sites for hydroxylation is 1. The van der Waals surface area contributed by atoms with E-state index in [2.05, 4.69) is 10.6 Å². The average molecular weight is 300 g/mol. The highest BCUT2D eigenvalue weighted by Crippen LogP contribution is 2.42. The average Bonchev–Trinajstić information content (AvgIpc) is 2.84. The van der Waals surface area contributed by atoms with Crippen molar-refractivity contribution in [3.63, 3.8) is 0 Å². The molecule has 1 aromatic heterocycles. The topological polar surface area (TPSA) is 42.6 Å². The molecule has 4 heteroatoms. The van der Waals surface area contributed by atoms with Crippen molar-refractivity contribution < 1.29 is 19.1 Å². The molecule has 0 aliphatic heterocycles. The highest BCUT2D eigenvalue weighted by atomic mass is 16.5. The van der Waals surface area contributed by atoms with Crippen LogP contribution in [-0.4, -0.2) is 19.3 Å². The molecule has 1 heterocycles. The Balaban J connectivity index is 1.88. The second-order valence-electron chi connectivity index (χ2n) is 5.82. The Morgan fingerprint density at radius 2 is 1.91 bits per heavy atom. The van der Waals surface area contributed by atoms with Gasteiger partial charge in [-0.2, -0.15) is 0 Å². The first-order chi connectivity index (χ1) is 10.6. The van der Waals surface area contributed by atoms with Gasteiger partial charge in [-0.25, -0.2) is 4.57 Å². The maximum atomic E-state index is 10.7. The molecule has 2 aromatic rings. The maximum Gasteiger partial charge on any atom is 0.181 e. The second-order valence-corrected chi connectivity index (χ2v) is 5.82. The first-order valence-corrected chi connectivity index (χ1v) is 7.50. The molecule has 0 radical (unpaired) electrons. The number of fused-ring (bicyclic) bond motifs is 1. The Bertz CT molecular complexity index is 684. The molecule has 1 N–H and O–H groups in total. The molecule has 1 aliphatic carbocycles. The summed E-state index contributed by atoms with van der Waals surface area (Å²) in [5, 5.41) is 10.7. The number of nitrogens with zero attached hydrogens (tertiary/aromatic N) is 1. The van der Waals surface area contributed by atoms with E-state index in [-0.39, 0.29) is 5.92 Å². The monoisotopic (exact) mass is 300 g/mol. The van der Waals surface area contributed by atoms with Crippen LogP contribution in [0.4, 0.5) is 0 Å². The van der Waals surface area contributed by atoms with Crippen molar-refractivity contribution in [2.75, 3.05) is 14.2 Å². The van der Waals surface area contributed by atoms with Crippen molar-refractivity contribution in [2.45, 2.75) is 18.9 Å². The fourth-order valence-corrected chi connectivity index (χ4v) is 3.26. The Hall–Kier alpha value is -2.07. The summed E-state index contributed by atoms with van der Waals surface area (Å²) in [4.78, 5) is 0. The maximum absolute atomic E-state index is 10.7. The molecule has 1 aliphatic rings. The number of benzene rings is 1. The van der Waals surface area contributed by atoms with Crippen molar-refractivity contribution >= 4 is 0 Å². The number of pyridine rings is 1. The number of ether oxygens (including phenoxy) is 2. The van der Waals surface area contributed by atoms with Gasteiger partial charge in [-0.1, -0.05) is 6.07 Å². The van der Waals surface area contributed by atoms with Gasteiger partial charge in [0.1, 0.15) is 7.05 Å². The minimum atomic E-state index is -0.463.